The van der Waals surface area contributed by atoms with Crippen molar-refractivity contribution in [1.82, 2.24) is 0 Å². The van der Waals surface area contributed by atoms with Crippen LogP contribution in [0.3, 0.4) is 0 Å². The van der Waals surface area contributed by atoms with Gasteiger partial charge in [-0.15, -0.1) is 11.3 Å². The molecule has 0 atom stereocenters. The number of rotatable bonds is 4. The van der Waals surface area contributed by atoms with Crippen molar-refractivity contribution in [2.24, 2.45) is 0 Å². The van der Waals surface area contributed by atoms with Crippen molar-refractivity contribution >= 4 is 44.1 Å². The van der Waals surface area contributed by atoms with Crippen molar-refractivity contribution in [3.8, 4) is 33.4 Å². The number of fused-ring (bicyclic) bond motifs is 3. The molecule has 0 unspecified atom stereocenters. The first-order chi connectivity index (χ1) is 19.3. The van der Waals surface area contributed by atoms with Gasteiger partial charge in [0.1, 0.15) is 0 Å². The Kier molecular flexibility index (Phi) is 5.97. The molecule has 1 aliphatic heterocycles. The molecule has 196 valence electrons. The summed E-state index contributed by atoms with van der Waals surface area (Å²) in [5.74, 6) is 0. The molecule has 40 heavy (non-hydrogen) atoms. The third-order valence-electron chi connectivity index (χ3n) is 8.55. The minimum absolute atomic E-state index is 0.384. The second-order valence-electron chi connectivity index (χ2n) is 11.6. The Labute approximate surface area is 240 Å². The molecule has 1 aliphatic rings. The van der Waals surface area contributed by atoms with Gasteiger partial charge in [-0.25, -0.2) is 0 Å². The van der Waals surface area contributed by atoms with Crippen LogP contribution in [0.15, 0.2) is 115 Å². The van der Waals surface area contributed by atoms with Crippen LogP contribution >= 0.6 is 11.3 Å². The zero-order chi connectivity index (χ0) is 27.5. The van der Waals surface area contributed by atoms with E-state index in [-0.39, 0.29) is 11.2 Å². The average molecular weight is 539 g/mol. The maximum atomic E-state index is 6.49. The summed E-state index contributed by atoms with van der Waals surface area (Å²) in [6, 6.07) is 41.4. The molecule has 0 saturated carbocycles. The molecular formula is C36H31BO2S. The van der Waals surface area contributed by atoms with Gasteiger partial charge in [-0.2, -0.15) is 0 Å². The molecule has 0 amide bonds. The second-order valence-corrected chi connectivity index (χ2v) is 12.6. The molecule has 1 fully saturated rings. The molecule has 0 bridgehead atoms. The van der Waals surface area contributed by atoms with Gasteiger partial charge < -0.3 is 9.31 Å². The first-order valence-electron chi connectivity index (χ1n) is 13.9. The van der Waals surface area contributed by atoms with E-state index in [0.29, 0.717) is 0 Å². The lowest BCUT2D eigenvalue weighted by Gasteiger charge is -2.32. The van der Waals surface area contributed by atoms with Gasteiger partial charge in [0.25, 0.3) is 0 Å². The van der Waals surface area contributed by atoms with E-state index in [9.17, 15) is 0 Å². The zero-order valence-electron chi connectivity index (χ0n) is 23.3. The monoisotopic (exact) mass is 538 g/mol. The van der Waals surface area contributed by atoms with Gasteiger partial charge in [-0.3, -0.25) is 0 Å². The van der Waals surface area contributed by atoms with Crippen molar-refractivity contribution in [1.29, 1.82) is 0 Å². The Hall–Kier alpha value is -3.70. The Bertz CT molecular complexity index is 1820. The molecule has 0 N–H and O–H groups in total. The predicted octanol–water partition coefficient (Wildman–Crippen LogP) is 9.35. The molecule has 7 rings (SSSR count). The van der Waals surface area contributed by atoms with Crippen LogP contribution in [-0.4, -0.2) is 18.3 Å². The largest absolute Gasteiger partial charge is 0.496 e. The first kappa shape index (κ1) is 25.3. The Morgan fingerprint density at radius 3 is 1.68 bits per heavy atom. The summed E-state index contributed by atoms with van der Waals surface area (Å²) < 4.78 is 15.5. The maximum Gasteiger partial charge on any atom is 0.496 e. The summed E-state index contributed by atoms with van der Waals surface area (Å²) >= 11 is 1.84. The van der Waals surface area contributed by atoms with Crippen LogP contribution in [0.25, 0.3) is 53.6 Å². The summed E-state index contributed by atoms with van der Waals surface area (Å²) in [6.45, 7) is 8.45. The lowest BCUT2D eigenvalue weighted by atomic mass is 9.78. The SMILES string of the molecule is CC1(C)OB(c2cccc3c2sc2c(-c4ccccc4)cc(-c4ccc(-c5ccccc5)cc4)cc23)OC1(C)C. The molecule has 0 radical (unpaired) electrons. The summed E-state index contributed by atoms with van der Waals surface area (Å²) in [4.78, 5) is 0. The number of hydrogen-bond donors (Lipinski definition) is 0. The van der Waals surface area contributed by atoms with Crippen LogP contribution in [0.2, 0.25) is 0 Å². The van der Waals surface area contributed by atoms with Crippen molar-refractivity contribution in [3.63, 3.8) is 0 Å². The lowest BCUT2D eigenvalue weighted by Crippen LogP contribution is -2.41. The van der Waals surface area contributed by atoms with Gasteiger partial charge in [0, 0.05) is 31.2 Å². The lowest BCUT2D eigenvalue weighted by molar-refractivity contribution is 0.00578. The predicted molar refractivity (Wildman–Crippen MR) is 171 cm³/mol. The summed E-state index contributed by atoms with van der Waals surface area (Å²) in [5.41, 5.74) is 7.68. The van der Waals surface area contributed by atoms with Gasteiger partial charge in [-0.05, 0) is 67.6 Å². The van der Waals surface area contributed by atoms with Crippen LogP contribution in [0.1, 0.15) is 27.7 Å². The van der Waals surface area contributed by atoms with E-state index < -0.39 is 7.12 Å². The third-order valence-corrected chi connectivity index (χ3v) is 9.85. The van der Waals surface area contributed by atoms with Crippen molar-refractivity contribution < 1.29 is 9.31 Å². The smallest absolute Gasteiger partial charge is 0.399 e. The van der Waals surface area contributed by atoms with Gasteiger partial charge in [0.15, 0.2) is 0 Å². The number of thiophene rings is 1. The molecule has 1 aromatic heterocycles. The van der Waals surface area contributed by atoms with E-state index in [1.54, 1.807) is 0 Å². The molecule has 0 spiro atoms. The highest BCUT2D eigenvalue weighted by Gasteiger charge is 2.52. The fourth-order valence-corrected chi connectivity index (χ4v) is 6.90. The van der Waals surface area contributed by atoms with E-state index in [1.807, 2.05) is 11.3 Å². The molecule has 6 aromatic rings. The van der Waals surface area contributed by atoms with Crippen molar-refractivity contribution in [2.45, 2.75) is 38.9 Å². The van der Waals surface area contributed by atoms with Crippen LogP contribution in [0.4, 0.5) is 0 Å². The van der Waals surface area contributed by atoms with Crippen LogP contribution in [0.5, 0.6) is 0 Å². The van der Waals surface area contributed by atoms with Crippen LogP contribution in [-0.2, 0) is 9.31 Å². The average Bonchev–Trinajstić information content (AvgIpc) is 3.46. The topological polar surface area (TPSA) is 18.5 Å². The molecule has 4 heteroatoms. The van der Waals surface area contributed by atoms with E-state index >= 15 is 0 Å². The first-order valence-corrected chi connectivity index (χ1v) is 14.7. The van der Waals surface area contributed by atoms with E-state index in [1.165, 1.54) is 53.6 Å². The van der Waals surface area contributed by atoms with E-state index in [0.717, 1.165) is 5.46 Å². The molecule has 1 saturated heterocycles. The highest BCUT2D eigenvalue weighted by Crippen LogP contribution is 2.44. The van der Waals surface area contributed by atoms with Gasteiger partial charge >= 0.3 is 7.12 Å². The van der Waals surface area contributed by atoms with E-state index in [2.05, 4.69) is 143 Å². The van der Waals surface area contributed by atoms with Gasteiger partial charge in [0.2, 0.25) is 0 Å². The summed E-state index contributed by atoms with van der Waals surface area (Å²) in [7, 11) is -0.396. The van der Waals surface area contributed by atoms with Crippen molar-refractivity contribution in [3.05, 3.63) is 115 Å². The minimum Gasteiger partial charge on any atom is -0.399 e. The third kappa shape index (κ3) is 4.19. The number of hydrogen-bond acceptors (Lipinski definition) is 3. The fourth-order valence-electron chi connectivity index (χ4n) is 5.56. The molecular weight excluding hydrogens is 507 g/mol. The fraction of sp³-hybridized carbons (Fsp3) is 0.167. The normalized spacial score (nSPS) is 16.1. The highest BCUT2D eigenvalue weighted by molar-refractivity contribution is 7.27. The highest BCUT2D eigenvalue weighted by atomic mass is 32.1. The molecule has 5 aromatic carbocycles. The molecule has 2 nitrogen and oxygen atoms in total. The quantitative estimate of drug-likeness (QED) is 0.208. The van der Waals surface area contributed by atoms with Gasteiger partial charge in [-0.1, -0.05) is 103 Å². The Morgan fingerprint density at radius 1 is 0.500 bits per heavy atom. The molecule has 0 aliphatic carbocycles. The van der Waals surface area contributed by atoms with Crippen LogP contribution in [0, 0.1) is 0 Å². The standard InChI is InChI=1S/C36H31BO2S/c1-35(2)36(3,4)39-37(38-35)32-17-11-16-29-31-23-28(26-20-18-25(19-21-26)24-12-7-5-8-13-24)22-30(33(31)40-34(29)32)27-14-9-6-10-15-27/h5-23H,1-4H3. The van der Waals surface area contributed by atoms with Crippen LogP contribution < -0.4 is 5.46 Å². The van der Waals surface area contributed by atoms with E-state index in [4.69, 9.17) is 9.31 Å². The minimum atomic E-state index is -0.396. The maximum absolute atomic E-state index is 6.49. The van der Waals surface area contributed by atoms with Crippen molar-refractivity contribution in [2.75, 3.05) is 0 Å². The Balaban J connectivity index is 1.41. The zero-order valence-corrected chi connectivity index (χ0v) is 24.1. The summed E-state index contributed by atoms with van der Waals surface area (Å²) in [6.07, 6.45) is 0. The Morgan fingerprint density at radius 2 is 1.05 bits per heavy atom. The molecule has 2 heterocycles. The van der Waals surface area contributed by atoms with Gasteiger partial charge in [0.05, 0.1) is 11.2 Å². The number of benzene rings is 5. The summed E-state index contributed by atoms with van der Waals surface area (Å²) in [5, 5.41) is 2.51. The second kappa shape index (κ2) is 9.45.